The summed E-state index contributed by atoms with van der Waals surface area (Å²) in [7, 11) is 0. The number of rotatable bonds is 8. The molecule has 1 unspecified atom stereocenters. The van der Waals surface area contributed by atoms with Crippen molar-refractivity contribution in [2.75, 3.05) is 13.2 Å². The van der Waals surface area contributed by atoms with Gasteiger partial charge in [0.25, 0.3) is 5.91 Å². The minimum Gasteiger partial charge on any atom is -0.368 e. The number of carbonyl (C=O) groups is 5. The van der Waals surface area contributed by atoms with Crippen molar-refractivity contribution in [3.05, 3.63) is 0 Å². The zero-order valence-electron chi connectivity index (χ0n) is 20.2. The number of hydrogen-bond donors (Lipinski definition) is 4. The van der Waals surface area contributed by atoms with Gasteiger partial charge < -0.3 is 26.0 Å². The fourth-order valence-corrected chi connectivity index (χ4v) is 4.93. The molecule has 0 spiro atoms. The van der Waals surface area contributed by atoms with E-state index >= 15 is 0 Å². The molecule has 0 aromatic rings. The molecule has 190 valence electrons. The molecule has 4 amide bonds. The summed E-state index contributed by atoms with van der Waals surface area (Å²) >= 11 is 0. The van der Waals surface area contributed by atoms with E-state index in [-0.39, 0.29) is 17.7 Å². The summed E-state index contributed by atoms with van der Waals surface area (Å²) in [6.07, 6.45) is 6.33. The second kappa shape index (κ2) is 11.8. The Morgan fingerprint density at radius 1 is 1.00 bits per heavy atom. The van der Waals surface area contributed by atoms with Gasteiger partial charge in [-0.15, -0.1) is 0 Å². The van der Waals surface area contributed by atoms with E-state index in [4.69, 9.17) is 4.74 Å². The predicted octanol–water partition coefficient (Wildman–Crippen LogP) is 0.479. The van der Waals surface area contributed by atoms with Crippen LogP contribution >= 0.6 is 0 Å². The van der Waals surface area contributed by atoms with Crippen molar-refractivity contribution in [3.63, 3.8) is 0 Å². The number of Topliss-reactive ketones (excluding diaryl/α,β-unsaturated/α-hetero) is 1. The van der Waals surface area contributed by atoms with Crippen LogP contribution in [-0.4, -0.2) is 66.3 Å². The number of ketones is 1. The van der Waals surface area contributed by atoms with Gasteiger partial charge in [-0.2, -0.15) is 0 Å². The average molecular weight is 479 g/mol. The lowest BCUT2D eigenvalue weighted by atomic mass is 9.80. The molecule has 2 aliphatic heterocycles. The van der Waals surface area contributed by atoms with Crippen LogP contribution in [0.2, 0.25) is 0 Å². The topological polar surface area (TPSA) is 143 Å². The van der Waals surface area contributed by atoms with E-state index < -0.39 is 41.3 Å². The van der Waals surface area contributed by atoms with E-state index in [1.54, 1.807) is 13.8 Å². The molecule has 1 aliphatic carbocycles. The highest BCUT2D eigenvalue weighted by molar-refractivity contribution is 6.39. The van der Waals surface area contributed by atoms with Gasteiger partial charge in [-0.05, 0) is 50.9 Å². The maximum Gasteiger partial charge on any atom is 0.290 e. The van der Waals surface area contributed by atoms with Crippen LogP contribution < -0.4 is 21.3 Å². The predicted molar refractivity (Wildman–Crippen MR) is 123 cm³/mol. The van der Waals surface area contributed by atoms with Crippen molar-refractivity contribution in [2.24, 2.45) is 5.92 Å². The Morgan fingerprint density at radius 3 is 2.38 bits per heavy atom. The van der Waals surface area contributed by atoms with Crippen molar-refractivity contribution < 1.29 is 28.7 Å². The quantitative estimate of drug-likeness (QED) is 0.374. The first-order valence-corrected chi connectivity index (χ1v) is 12.6. The first-order valence-electron chi connectivity index (χ1n) is 12.6. The smallest absolute Gasteiger partial charge is 0.290 e. The van der Waals surface area contributed by atoms with Gasteiger partial charge in [0.2, 0.25) is 23.5 Å². The molecule has 3 rings (SSSR count). The SMILES string of the molecule is CC(C)[C@H](NC(=O)C1(NC(=O)[C@@H]2CCCO2)CCCCC1)C(=O)C(=O)NC1CCCCNC1=O. The fourth-order valence-electron chi connectivity index (χ4n) is 4.93. The number of carbonyl (C=O) groups excluding carboxylic acids is 5. The summed E-state index contributed by atoms with van der Waals surface area (Å²) in [5.41, 5.74) is -1.13. The van der Waals surface area contributed by atoms with Crippen molar-refractivity contribution in [1.29, 1.82) is 0 Å². The van der Waals surface area contributed by atoms with Crippen LogP contribution in [0.15, 0.2) is 0 Å². The summed E-state index contributed by atoms with van der Waals surface area (Å²) in [4.78, 5) is 64.2. The Labute approximate surface area is 200 Å². The molecule has 3 fully saturated rings. The lowest BCUT2D eigenvalue weighted by molar-refractivity contribution is -0.144. The lowest BCUT2D eigenvalue weighted by Gasteiger charge is -2.38. The largest absolute Gasteiger partial charge is 0.368 e. The number of ether oxygens (including phenoxy) is 1. The average Bonchev–Trinajstić information content (AvgIpc) is 3.29. The van der Waals surface area contributed by atoms with E-state index in [9.17, 15) is 24.0 Å². The molecule has 1 saturated carbocycles. The van der Waals surface area contributed by atoms with Crippen LogP contribution in [0.4, 0.5) is 0 Å². The molecule has 0 aromatic heterocycles. The molecule has 34 heavy (non-hydrogen) atoms. The summed E-state index contributed by atoms with van der Waals surface area (Å²) in [6.45, 7) is 4.55. The van der Waals surface area contributed by atoms with E-state index in [0.29, 0.717) is 38.8 Å². The summed E-state index contributed by atoms with van der Waals surface area (Å²) in [5.74, 6) is -3.11. The molecule has 2 saturated heterocycles. The molecule has 4 N–H and O–H groups in total. The molecule has 10 nitrogen and oxygen atoms in total. The van der Waals surface area contributed by atoms with Gasteiger partial charge in [-0.25, -0.2) is 0 Å². The van der Waals surface area contributed by atoms with Crippen molar-refractivity contribution in [2.45, 2.75) is 102 Å². The molecular weight excluding hydrogens is 440 g/mol. The second-order valence-electron chi connectivity index (χ2n) is 10.0. The molecular formula is C24H38N4O6. The molecule has 3 aliphatic rings. The third kappa shape index (κ3) is 6.34. The standard InChI is InChI=1S/C24H38N4O6/c1-15(2)18(19(29)22(32)26-16-9-4-7-13-25-20(16)30)27-23(33)24(11-5-3-6-12-24)28-21(31)17-10-8-14-34-17/h15-18H,3-14H2,1-2H3,(H,25,30)(H,26,32)(H,27,33)(H,28,31)/t16?,17-,18-/m0/s1. The van der Waals surface area contributed by atoms with E-state index in [1.165, 1.54) is 0 Å². The van der Waals surface area contributed by atoms with Gasteiger partial charge >= 0.3 is 0 Å². The highest BCUT2D eigenvalue weighted by atomic mass is 16.5. The van der Waals surface area contributed by atoms with Crippen LogP contribution in [0.25, 0.3) is 0 Å². The van der Waals surface area contributed by atoms with Crippen LogP contribution in [0, 0.1) is 5.92 Å². The molecule has 0 bridgehead atoms. The van der Waals surface area contributed by atoms with Crippen LogP contribution in [0.1, 0.15) is 78.1 Å². The zero-order chi connectivity index (χ0) is 24.7. The van der Waals surface area contributed by atoms with Gasteiger partial charge in [0.1, 0.15) is 17.7 Å². The molecule has 3 atom stereocenters. The van der Waals surface area contributed by atoms with Crippen LogP contribution in [0.3, 0.4) is 0 Å². The number of nitrogens with one attached hydrogen (secondary N) is 4. The monoisotopic (exact) mass is 478 g/mol. The minimum absolute atomic E-state index is 0.304. The van der Waals surface area contributed by atoms with Crippen LogP contribution in [-0.2, 0) is 28.7 Å². The molecule has 2 heterocycles. The van der Waals surface area contributed by atoms with Gasteiger partial charge in [0.05, 0.1) is 6.04 Å². The van der Waals surface area contributed by atoms with Gasteiger partial charge in [0, 0.05) is 13.2 Å². The molecule has 0 aromatic carbocycles. The normalized spacial score (nSPS) is 25.6. The minimum atomic E-state index is -1.13. The third-order valence-electron chi connectivity index (χ3n) is 7.03. The third-order valence-corrected chi connectivity index (χ3v) is 7.03. The lowest BCUT2D eigenvalue weighted by Crippen LogP contribution is -2.64. The highest BCUT2D eigenvalue weighted by Crippen LogP contribution is 2.30. The summed E-state index contributed by atoms with van der Waals surface area (Å²) in [5, 5.41) is 10.9. The van der Waals surface area contributed by atoms with Crippen molar-refractivity contribution >= 4 is 29.4 Å². The molecule has 10 heteroatoms. The summed E-state index contributed by atoms with van der Waals surface area (Å²) < 4.78 is 5.48. The Hall–Kier alpha value is -2.49. The maximum absolute atomic E-state index is 13.5. The van der Waals surface area contributed by atoms with Gasteiger partial charge in [-0.3, -0.25) is 24.0 Å². The van der Waals surface area contributed by atoms with Crippen molar-refractivity contribution in [1.82, 2.24) is 21.3 Å². The Morgan fingerprint density at radius 2 is 1.74 bits per heavy atom. The zero-order valence-corrected chi connectivity index (χ0v) is 20.2. The van der Waals surface area contributed by atoms with Crippen molar-refractivity contribution in [3.8, 4) is 0 Å². The fraction of sp³-hybridized carbons (Fsp3) is 0.792. The highest BCUT2D eigenvalue weighted by Gasteiger charge is 2.44. The Balaban J connectivity index is 1.69. The van der Waals surface area contributed by atoms with E-state index in [2.05, 4.69) is 21.3 Å². The molecule has 0 radical (unpaired) electrons. The van der Waals surface area contributed by atoms with E-state index in [0.717, 1.165) is 38.5 Å². The first kappa shape index (κ1) is 26.1. The number of hydrogen-bond acceptors (Lipinski definition) is 6. The van der Waals surface area contributed by atoms with Gasteiger partial charge in [0.15, 0.2) is 0 Å². The number of amides is 4. The maximum atomic E-state index is 13.5. The first-order chi connectivity index (χ1) is 16.2. The second-order valence-corrected chi connectivity index (χ2v) is 10.0. The summed E-state index contributed by atoms with van der Waals surface area (Å²) in [6, 6.07) is -1.84. The Bertz CT molecular complexity index is 786. The Kier molecular flexibility index (Phi) is 9.04. The van der Waals surface area contributed by atoms with Gasteiger partial charge in [-0.1, -0.05) is 33.1 Å². The van der Waals surface area contributed by atoms with E-state index in [1.807, 2.05) is 0 Å². The van der Waals surface area contributed by atoms with Crippen LogP contribution in [0.5, 0.6) is 0 Å².